The molecule has 1 N–H and O–H groups in total. The number of benzene rings is 1. The van der Waals surface area contributed by atoms with Gasteiger partial charge in [-0.3, -0.25) is 0 Å². The quantitative estimate of drug-likeness (QED) is 0.779. The molecule has 0 heterocycles. The van der Waals surface area contributed by atoms with E-state index in [9.17, 15) is 8.42 Å². The van der Waals surface area contributed by atoms with E-state index in [4.69, 9.17) is 4.79 Å². The van der Waals surface area contributed by atoms with Crippen molar-refractivity contribution in [2.45, 2.75) is 4.90 Å². The molecular weight excluding hydrogens is 214 g/mol. The zero-order valence-electron chi connectivity index (χ0n) is 8.22. The molecule has 1 rings (SSSR count). The summed E-state index contributed by atoms with van der Waals surface area (Å²) in [7, 11) is -3.34. The van der Waals surface area contributed by atoms with E-state index in [2.05, 4.69) is 11.3 Å². The number of carbonyl (C=O) groups is 1. The minimum atomic E-state index is -3.34. The van der Waals surface area contributed by atoms with Crippen molar-refractivity contribution in [2.75, 3.05) is 6.54 Å². The zero-order chi connectivity index (χ0) is 11.7. The Bertz CT molecular complexity index is 386. The molecule has 0 bridgehead atoms. The molecule has 0 saturated carbocycles. The van der Waals surface area contributed by atoms with Crippen LogP contribution in [0.25, 0.3) is 0 Å². The Labute approximate surface area is 89.7 Å². The third kappa shape index (κ3) is 4.53. The second kappa shape index (κ2) is 6.92. The number of rotatable bonds is 4. The van der Waals surface area contributed by atoms with Gasteiger partial charge in [0.2, 0.25) is 10.0 Å². The maximum absolute atomic E-state index is 11.4. The Kier molecular flexibility index (Phi) is 6.24. The lowest BCUT2D eigenvalue weighted by Gasteiger charge is -2.02. The van der Waals surface area contributed by atoms with Crippen LogP contribution in [0, 0.1) is 0 Å². The molecule has 0 unspecified atom stereocenters. The van der Waals surface area contributed by atoms with Gasteiger partial charge in [-0.05, 0) is 12.1 Å². The van der Waals surface area contributed by atoms with Gasteiger partial charge in [0.25, 0.3) is 0 Å². The van der Waals surface area contributed by atoms with Crippen LogP contribution in [0.1, 0.15) is 0 Å². The summed E-state index contributed by atoms with van der Waals surface area (Å²) in [6.45, 7) is 5.68. The van der Waals surface area contributed by atoms with Gasteiger partial charge in [-0.2, -0.15) is 0 Å². The van der Waals surface area contributed by atoms with Crippen LogP contribution in [-0.4, -0.2) is 21.8 Å². The monoisotopic (exact) mass is 227 g/mol. The second-order valence-electron chi connectivity index (χ2n) is 2.45. The first-order valence-electron chi connectivity index (χ1n) is 4.11. The summed E-state index contributed by atoms with van der Waals surface area (Å²) in [5.41, 5.74) is 0. The lowest BCUT2D eigenvalue weighted by molar-refractivity contribution is -0.0979. The van der Waals surface area contributed by atoms with Gasteiger partial charge in [0, 0.05) is 6.54 Å². The van der Waals surface area contributed by atoms with Crippen LogP contribution < -0.4 is 4.72 Å². The summed E-state index contributed by atoms with van der Waals surface area (Å²) in [6, 6.07) is 8.23. The molecule has 0 aliphatic rings. The van der Waals surface area contributed by atoms with E-state index in [-0.39, 0.29) is 11.4 Å². The molecular formula is C10H13NO3S. The molecule has 0 saturated heterocycles. The summed E-state index contributed by atoms with van der Waals surface area (Å²) < 4.78 is 25.2. The molecule has 0 aromatic heterocycles. The molecule has 15 heavy (non-hydrogen) atoms. The van der Waals surface area contributed by atoms with Gasteiger partial charge >= 0.3 is 0 Å². The van der Waals surface area contributed by atoms with Crippen LogP contribution >= 0.6 is 0 Å². The van der Waals surface area contributed by atoms with Crippen LogP contribution in [-0.2, 0) is 14.8 Å². The van der Waals surface area contributed by atoms with Crippen molar-refractivity contribution < 1.29 is 13.2 Å². The first kappa shape index (κ1) is 13.5. The first-order chi connectivity index (χ1) is 7.17. The summed E-state index contributed by atoms with van der Waals surface area (Å²) in [4.78, 5) is 8.27. The van der Waals surface area contributed by atoms with Crippen molar-refractivity contribution >= 4 is 16.8 Å². The highest BCUT2D eigenvalue weighted by Gasteiger charge is 2.10. The predicted octanol–water partition coefficient (Wildman–Crippen LogP) is 0.966. The molecule has 0 amide bonds. The van der Waals surface area contributed by atoms with Gasteiger partial charge in [-0.25, -0.2) is 13.1 Å². The standard InChI is InChI=1S/C9H11NO2S.CH2O/c1-2-8-10-13(11,12)9-6-4-3-5-7-9;1-2/h2-7,10H,1,8H2;1H2. The number of hydrogen-bond donors (Lipinski definition) is 1. The number of nitrogens with one attached hydrogen (secondary N) is 1. The van der Waals surface area contributed by atoms with E-state index in [1.807, 2.05) is 6.79 Å². The van der Waals surface area contributed by atoms with E-state index in [1.165, 1.54) is 6.08 Å². The van der Waals surface area contributed by atoms with Gasteiger partial charge in [-0.1, -0.05) is 24.3 Å². The van der Waals surface area contributed by atoms with Crippen molar-refractivity contribution in [3.8, 4) is 0 Å². The Morgan fingerprint density at radius 2 is 1.73 bits per heavy atom. The molecule has 4 nitrogen and oxygen atoms in total. The van der Waals surface area contributed by atoms with Crippen molar-refractivity contribution in [3.63, 3.8) is 0 Å². The first-order valence-corrected chi connectivity index (χ1v) is 5.59. The molecule has 0 aliphatic heterocycles. The highest BCUT2D eigenvalue weighted by atomic mass is 32.2. The van der Waals surface area contributed by atoms with Crippen molar-refractivity contribution in [3.05, 3.63) is 43.0 Å². The smallest absolute Gasteiger partial charge is 0.240 e. The highest BCUT2D eigenvalue weighted by molar-refractivity contribution is 7.89. The summed E-state index contributed by atoms with van der Waals surface area (Å²) in [6.07, 6.45) is 1.50. The molecule has 0 aliphatic carbocycles. The number of carbonyl (C=O) groups excluding carboxylic acids is 1. The second-order valence-corrected chi connectivity index (χ2v) is 4.22. The van der Waals surface area contributed by atoms with Gasteiger partial charge in [0.05, 0.1) is 4.90 Å². The van der Waals surface area contributed by atoms with Crippen molar-refractivity contribution in [1.29, 1.82) is 0 Å². The van der Waals surface area contributed by atoms with Crippen LogP contribution in [0.5, 0.6) is 0 Å². The van der Waals surface area contributed by atoms with E-state index in [1.54, 1.807) is 30.3 Å². The maximum atomic E-state index is 11.4. The van der Waals surface area contributed by atoms with E-state index in [0.717, 1.165) is 0 Å². The fraction of sp³-hybridized carbons (Fsp3) is 0.100. The van der Waals surface area contributed by atoms with Gasteiger partial charge in [0.15, 0.2) is 0 Å². The van der Waals surface area contributed by atoms with E-state index >= 15 is 0 Å². The van der Waals surface area contributed by atoms with Crippen LogP contribution in [0.3, 0.4) is 0 Å². The van der Waals surface area contributed by atoms with Crippen LogP contribution in [0.2, 0.25) is 0 Å². The topological polar surface area (TPSA) is 63.2 Å². The SMILES string of the molecule is C=CCNS(=O)(=O)c1ccccc1.C=O. The molecule has 82 valence electrons. The lowest BCUT2D eigenvalue weighted by atomic mass is 10.4. The van der Waals surface area contributed by atoms with E-state index < -0.39 is 10.0 Å². The fourth-order valence-corrected chi connectivity index (χ4v) is 1.87. The number of hydrogen-bond acceptors (Lipinski definition) is 3. The minimum absolute atomic E-state index is 0.247. The van der Waals surface area contributed by atoms with Crippen molar-refractivity contribution in [1.82, 2.24) is 4.72 Å². The average molecular weight is 227 g/mol. The van der Waals surface area contributed by atoms with E-state index in [0.29, 0.717) is 0 Å². The molecule has 1 aromatic rings. The van der Waals surface area contributed by atoms with Gasteiger partial charge < -0.3 is 4.79 Å². The molecule has 0 spiro atoms. The average Bonchev–Trinajstić information content (AvgIpc) is 2.30. The predicted molar refractivity (Wildman–Crippen MR) is 58.9 cm³/mol. The van der Waals surface area contributed by atoms with Gasteiger partial charge in [0.1, 0.15) is 6.79 Å². The third-order valence-electron chi connectivity index (χ3n) is 1.47. The molecule has 5 heteroatoms. The normalized spacial score (nSPS) is 9.87. The lowest BCUT2D eigenvalue weighted by Crippen LogP contribution is -2.23. The Balaban J connectivity index is 0.000000921. The molecule has 0 fully saturated rings. The van der Waals surface area contributed by atoms with Crippen LogP contribution in [0.4, 0.5) is 0 Å². The summed E-state index contributed by atoms with van der Waals surface area (Å²) >= 11 is 0. The largest absolute Gasteiger partial charge is 0.307 e. The maximum Gasteiger partial charge on any atom is 0.240 e. The number of sulfonamides is 1. The Morgan fingerprint density at radius 3 is 2.20 bits per heavy atom. The highest BCUT2D eigenvalue weighted by Crippen LogP contribution is 2.06. The van der Waals surface area contributed by atoms with Crippen LogP contribution in [0.15, 0.2) is 47.9 Å². The van der Waals surface area contributed by atoms with Gasteiger partial charge in [-0.15, -0.1) is 6.58 Å². The molecule has 1 aromatic carbocycles. The Hall–Kier alpha value is -1.46. The summed E-state index contributed by atoms with van der Waals surface area (Å²) in [5.74, 6) is 0. The fourth-order valence-electron chi connectivity index (χ4n) is 0.852. The third-order valence-corrected chi connectivity index (χ3v) is 2.91. The zero-order valence-corrected chi connectivity index (χ0v) is 9.03. The molecule has 0 radical (unpaired) electrons. The van der Waals surface area contributed by atoms with Crippen molar-refractivity contribution in [2.24, 2.45) is 0 Å². The Morgan fingerprint density at radius 1 is 1.20 bits per heavy atom. The summed E-state index contributed by atoms with van der Waals surface area (Å²) in [5, 5.41) is 0. The minimum Gasteiger partial charge on any atom is -0.307 e. The molecule has 0 atom stereocenters.